The average molecular weight is 331 g/mol. The van der Waals surface area contributed by atoms with Crippen molar-refractivity contribution in [3.05, 3.63) is 17.8 Å². The molecule has 0 aromatic carbocycles. The molecule has 24 heavy (non-hydrogen) atoms. The first-order chi connectivity index (χ1) is 11.5. The molecule has 3 aliphatic carbocycles. The predicted molar refractivity (Wildman–Crippen MR) is 91.8 cm³/mol. The largest absolute Gasteiger partial charge is 0.448 e. The van der Waals surface area contributed by atoms with Crippen molar-refractivity contribution in [1.82, 2.24) is 15.6 Å². The number of piperidine rings is 1. The Balaban J connectivity index is 1.39. The van der Waals surface area contributed by atoms with Crippen LogP contribution in [0.15, 0.2) is 10.7 Å². The zero-order valence-corrected chi connectivity index (χ0v) is 15.0. The SMILES string of the molecule is CC1C(NC(=O)c2coc(C3CCNCC3)n2)CC2CC1C2(C)C. The van der Waals surface area contributed by atoms with Crippen LogP contribution in [0.5, 0.6) is 0 Å². The number of rotatable bonds is 3. The molecule has 5 rings (SSSR count). The molecular formula is C19H29N3O2. The predicted octanol–water partition coefficient (Wildman–Crippen LogP) is 2.94. The van der Waals surface area contributed by atoms with E-state index in [0.717, 1.165) is 50.1 Å². The molecular weight excluding hydrogens is 302 g/mol. The fourth-order valence-electron chi connectivity index (χ4n) is 5.23. The van der Waals surface area contributed by atoms with Crippen LogP contribution in [-0.2, 0) is 0 Å². The Labute approximate surface area is 144 Å². The van der Waals surface area contributed by atoms with E-state index in [-0.39, 0.29) is 11.9 Å². The van der Waals surface area contributed by atoms with Gasteiger partial charge in [-0.25, -0.2) is 4.98 Å². The second-order valence-electron chi connectivity index (χ2n) is 8.63. The van der Waals surface area contributed by atoms with Crippen LogP contribution in [0.3, 0.4) is 0 Å². The minimum Gasteiger partial charge on any atom is -0.448 e. The lowest BCUT2D eigenvalue weighted by Crippen LogP contribution is -2.60. The van der Waals surface area contributed by atoms with Crippen LogP contribution in [0.1, 0.15) is 68.8 Å². The molecule has 5 heteroatoms. The summed E-state index contributed by atoms with van der Waals surface area (Å²) in [6.07, 6.45) is 6.00. The van der Waals surface area contributed by atoms with Gasteiger partial charge < -0.3 is 15.1 Å². The molecule has 4 aliphatic rings. The number of hydrogen-bond donors (Lipinski definition) is 2. The molecule has 4 unspecified atom stereocenters. The third-order valence-corrected chi connectivity index (χ3v) is 7.11. The Morgan fingerprint density at radius 1 is 1.33 bits per heavy atom. The summed E-state index contributed by atoms with van der Waals surface area (Å²) in [5.41, 5.74) is 0.880. The highest BCUT2D eigenvalue weighted by Crippen LogP contribution is 2.61. The lowest BCUT2D eigenvalue weighted by Gasteiger charge is -2.62. The minimum absolute atomic E-state index is 0.0742. The Hall–Kier alpha value is -1.36. The summed E-state index contributed by atoms with van der Waals surface area (Å²) in [6.45, 7) is 9.03. The highest BCUT2D eigenvalue weighted by atomic mass is 16.3. The number of hydrogen-bond acceptors (Lipinski definition) is 4. The van der Waals surface area contributed by atoms with Crippen molar-refractivity contribution >= 4 is 5.91 Å². The highest BCUT2D eigenvalue weighted by Gasteiger charge is 2.56. The Morgan fingerprint density at radius 2 is 2.08 bits per heavy atom. The molecule has 1 aromatic rings. The first kappa shape index (κ1) is 16.1. The van der Waals surface area contributed by atoms with E-state index >= 15 is 0 Å². The van der Waals surface area contributed by atoms with E-state index in [1.54, 1.807) is 0 Å². The van der Waals surface area contributed by atoms with Crippen LogP contribution < -0.4 is 10.6 Å². The fourth-order valence-corrected chi connectivity index (χ4v) is 5.23. The number of carbonyl (C=O) groups excluding carboxylic acids is 1. The Kier molecular flexibility index (Phi) is 3.94. The normalized spacial score (nSPS) is 35.3. The summed E-state index contributed by atoms with van der Waals surface area (Å²) in [6, 6.07) is 0.272. The summed E-state index contributed by atoms with van der Waals surface area (Å²) in [4.78, 5) is 17.1. The van der Waals surface area contributed by atoms with Crippen LogP contribution in [0.25, 0.3) is 0 Å². The number of carbonyl (C=O) groups is 1. The molecule has 2 heterocycles. The molecule has 2 N–H and O–H groups in total. The number of nitrogens with zero attached hydrogens (tertiary/aromatic N) is 1. The molecule has 3 saturated carbocycles. The van der Waals surface area contributed by atoms with E-state index in [1.165, 1.54) is 12.7 Å². The Bertz CT molecular complexity index is 618. The molecule has 1 aliphatic heterocycles. The van der Waals surface area contributed by atoms with Gasteiger partial charge in [-0.1, -0.05) is 20.8 Å². The zero-order chi connectivity index (χ0) is 16.9. The van der Waals surface area contributed by atoms with Crippen LogP contribution >= 0.6 is 0 Å². The van der Waals surface area contributed by atoms with E-state index in [2.05, 4.69) is 36.4 Å². The molecule has 4 fully saturated rings. The summed E-state index contributed by atoms with van der Waals surface area (Å²) in [5.74, 6) is 2.99. The third-order valence-electron chi connectivity index (χ3n) is 7.11. The van der Waals surface area contributed by atoms with Gasteiger partial charge in [-0.05, 0) is 61.9 Å². The van der Waals surface area contributed by atoms with E-state index in [0.29, 0.717) is 22.9 Å². The van der Waals surface area contributed by atoms with Crippen LogP contribution in [0.2, 0.25) is 0 Å². The van der Waals surface area contributed by atoms with Crippen molar-refractivity contribution in [3.8, 4) is 0 Å². The summed E-state index contributed by atoms with van der Waals surface area (Å²) >= 11 is 0. The topological polar surface area (TPSA) is 67.2 Å². The van der Waals surface area contributed by atoms with E-state index in [4.69, 9.17) is 4.42 Å². The first-order valence-electron chi connectivity index (χ1n) is 9.44. The molecule has 5 nitrogen and oxygen atoms in total. The van der Waals surface area contributed by atoms with Gasteiger partial charge in [0.1, 0.15) is 6.26 Å². The number of amides is 1. The van der Waals surface area contributed by atoms with Gasteiger partial charge in [0.15, 0.2) is 11.6 Å². The maximum absolute atomic E-state index is 12.6. The summed E-state index contributed by atoms with van der Waals surface area (Å²) in [5, 5.41) is 6.57. The second-order valence-corrected chi connectivity index (χ2v) is 8.63. The van der Waals surface area contributed by atoms with Crippen molar-refractivity contribution in [2.45, 2.75) is 58.4 Å². The molecule has 2 bridgehead atoms. The number of aromatic nitrogens is 1. The van der Waals surface area contributed by atoms with Crippen LogP contribution in [0, 0.1) is 23.2 Å². The highest BCUT2D eigenvalue weighted by molar-refractivity contribution is 5.92. The first-order valence-corrected chi connectivity index (χ1v) is 9.44. The lowest BCUT2D eigenvalue weighted by atomic mass is 9.45. The van der Waals surface area contributed by atoms with Gasteiger partial charge in [0.05, 0.1) is 0 Å². The molecule has 1 amide bonds. The quantitative estimate of drug-likeness (QED) is 0.893. The van der Waals surface area contributed by atoms with E-state index in [1.807, 2.05) is 0 Å². The van der Waals surface area contributed by atoms with Crippen molar-refractivity contribution in [3.63, 3.8) is 0 Å². The molecule has 0 spiro atoms. The van der Waals surface area contributed by atoms with Gasteiger partial charge in [-0.15, -0.1) is 0 Å². The minimum atomic E-state index is -0.0742. The van der Waals surface area contributed by atoms with Crippen molar-refractivity contribution in [2.24, 2.45) is 23.2 Å². The molecule has 4 atom stereocenters. The van der Waals surface area contributed by atoms with Gasteiger partial charge in [0.25, 0.3) is 5.91 Å². The van der Waals surface area contributed by atoms with Gasteiger partial charge in [0, 0.05) is 12.0 Å². The van der Waals surface area contributed by atoms with Gasteiger partial charge in [-0.2, -0.15) is 0 Å². The summed E-state index contributed by atoms with van der Waals surface area (Å²) < 4.78 is 5.60. The van der Waals surface area contributed by atoms with E-state index in [9.17, 15) is 4.79 Å². The molecule has 0 radical (unpaired) electrons. The van der Waals surface area contributed by atoms with Crippen molar-refractivity contribution in [2.75, 3.05) is 13.1 Å². The summed E-state index contributed by atoms with van der Waals surface area (Å²) in [7, 11) is 0. The lowest BCUT2D eigenvalue weighted by molar-refractivity contribution is -0.113. The maximum atomic E-state index is 12.6. The van der Waals surface area contributed by atoms with Gasteiger partial charge >= 0.3 is 0 Å². The molecule has 1 saturated heterocycles. The number of nitrogens with one attached hydrogen (secondary N) is 2. The fraction of sp³-hybridized carbons (Fsp3) is 0.789. The van der Waals surface area contributed by atoms with Gasteiger partial charge in [-0.3, -0.25) is 4.79 Å². The van der Waals surface area contributed by atoms with Crippen LogP contribution in [0.4, 0.5) is 0 Å². The average Bonchev–Trinajstić information content (AvgIpc) is 3.07. The maximum Gasteiger partial charge on any atom is 0.273 e. The number of oxazole rings is 1. The van der Waals surface area contributed by atoms with E-state index < -0.39 is 0 Å². The molecule has 1 aromatic heterocycles. The second kappa shape index (κ2) is 5.87. The van der Waals surface area contributed by atoms with Crippen LogP contribution in [-0.4, -0.2) is 30.0 Å². The Morgan fingerprint density at radius 3 is 2.75 bits per heavy atom. The smallest absolute Gasteiger partial charge is 0.273 e. The van der Waals surface area contributed by atoms with Gasteiger partial charge in [0.2, 0.25) is 0 Å². The number of fused-ring (bicyclic) bond motifs is 2. The van der Waals surface area contributed by atoms with Crippen molar-refractivity contribution < 1.29 is 9.21 Å². The standard InChI is InChI=1S/C19H29N3O2/c1-11-14-8-13(19(14,2)3)9-15(11)21-17(23)16-10-24-18(22-16)12-4-6-20-7-5-12/h10-15,20H,4-9H2,1-3H3,(H,21,23). The monoisotopic (exact) mass is 331 g/mol. The molecule has 132 valence electrons. The zero-order valence-electron chi connectivity index (χ0n) is 15.0. The van der Waals surface area contributed by atoms with Crippen molar-refractivity contribution in [1.29, 1.82) is 0 Å². The third kappa shape index (κ3) is 2.57.